The molecule has 0 aliphatic carbocycles. The summed E-state index contributed by atoms with van der Waals surface area (Å²) in [6.07, 6.45) is -4.08. The molecule has 1 aliphatic rings. The van der Waals surface area contributed by atoms with Crippen molar-refractivity contribution in [2.75, 3.05) is 5.32 Å². The third-order valence-electron chi connectivity index (χ3n) is 2.77. The van der Waals surface area contributed by atoms with Crippen LogP contribution in [-0.2, 0) is 4.79 Å². The lowest BCUT2D eigenvalue weighted by atomic mass is 10.1. The first-order chi connectivity index (χ1) is 9.33. The van der Waals surface area contributed by atoms with E-state index in [1.165, 1.54) is 12.1 Å². The summed E-state index contributed by atoms with van der Waals surface area (Å²) < 4.78 is 39.7. The van der Waals surface area contributed by atoms with Crippen LogP contribution in [0.3, 0.4) is 0 Å². The topological polar surface area (TPSA) is 62.4 Å². The average molecular weight is 289 g/mol. The number of rotatable bonds is 3. The first-order valence-corrected chi connectivity index (χ1v) is 6.01. The van der Waals surface area contributed by atoms with Crippen LogP contribution in [0.5, 0.6) is 5.75 Å². The molecule has 0 radical (unpaired) electrons. The van der Waals surface area contributed by atoms with Gasteiger partial charge in [-0.2, -0.15) is 0 Å². The Hall–Kier alpha value is -1.80. The number of anilines is 1. The van der Waals surface area contributed by atoms with Gasteiger partial charge in [0.05, 0.1) is 0 Å². The molecule has 20 heavy (non-hydrogen) atoms. The summed E-state index contributed by atoms with van der Waals surface area (Å²) in [4.78, 5) is 11.8. The van der Waals surface area contributed by atoms with Gasteiger partial charge in [-0.15, -0.1) is 13.2 Å². The van der Waals surface area contributed by atoms with Crippen molar-refractivity contribution < 1.29 is 22.7 Å². The van der Waals surface area contributed by atoms with Crippen molar-refractivity contribution in [1.29, 1.82) is 0 Å². The number of hydrogen-bond donors (Lipinski definition) is 3. The molecule has 1 amide bonds. The van der Waals surface area contributed by atoms with E-state index in [2.05, 4.69) is 20.9 Å². The fourth-order valence-corrected chi connectivity index (χ4v) is 1.86. The number of amides is 1. The molecule has 0 spiro atoms. The number of hydrazine groups is 1. The van der Waals surface area contributed by atoms with Gasteiger partial charge in [-0.05, 0) is 37.6 Å². The molecule has 1 saturated heterocycles. The second-order valence-electron chi connectivity index (χ2n) is 4.54. The molecule has 0 aromatic heterocycles. The molecule has 2 atom stereocenters. The molecule has 8 heteroatoms. The molecule has 5 nitrogen and oxygen atoms in total. The maximum atomic E-state index is 12.0. The van der Waals surface area contributed by atoms with Crippen molar-refractivity contribution in [3.8, 4) is 5.75 Å². The molecule has 2 unspecified atom stereocenters. The highest BCUT2D eigenvalue weighted by atomic mass is 19.4. The van der Waals surface area contributed by atoms with Crippen LogP contribution in [-0.4, -0.2) is 24.4 Å². The molecule has 1 fully saturated rings. The Morgan fingerprint density at radius 3 is 2.45 bits per heavy atom. The van der Waals surface area contributed by atoms with Gasteiger partial charge in [-0.1, -0.05) is 0 Å². The zero-order valence-electron chi connectivity index (χ0n) is 10.6. The first-order valence-electron chi connectivity index (χ1n) is 6.01. The minimum absolute atomic E-state index is 0.188. The van der Waals surface area contributed by atoms with E-state index in [1.807, 2.05) is 6.92 Å². The third-order valence-corrected chi connectivity index (χ3v) is 2.77. The van der Waals surface area contributed by atoms with E-state index >= 15 is 0 Å². The Morgan fingerprint density at radius 1 is 1.30 bits per heavy atom. The molecular formula is C12H14F3N3O2. The molecule has 1 aromatic rings. The summed E-state index contributed by atoms with van der Waals surface area (Å²) in [6.45, 7) is 1.93. The Bertz CT molecular complexity index is 476. The molecule has 110 valence electrons. The SMILES string of the molecule is CC1CC(C(=O)Nc2ccc(OC(F)(F)F)cc2)NN1. The minimum atomic E-state index is -4.72. The second kappa shape index (κ2) is 5.68. The highest BCUT2D eigenvalue weighted by Gasteiger charge is 2.31. The molecule has 1 aliphatic heterocycles. The van der Waals surface area contributed by atoms with Gasteiger partial charge in [0.1, 0.15) is 11.8 Å². The number of ether oxygens (including phenoxy) is 1. The van der Waals surface area contributed by atoms with Crippen LogP contribution < -0.4 is 20.9 Å². The lowest BCUT2D eigenvalue weighted by Crippen LogP contribution is -2.39. The van der Waals surface area contributed by atoms with Gasteiger partial charge in [0.2, 0.25) is 5.91 Å². The molecule has 0 bridgehead atoms. The molecule has 1 heterocycles. The first kappa shape index (κ1) is 14.6. The second-order valence-corrected chi connectivity index (χ2v) is 4.54. The summed E-state index contributed by atoms with van der Waals surface area (Å²) in [5, 5.41) is 2.62. The Labute approximate surface area is 113 Å². The third kappa shape index (κ3) is 4.10. The summed E-state index contributed by atoms with van der Waals surface area (Å²) in [5.74, 6) is -0.573. The van der Waals surface area contributed by atoms with Gasteiger partial charge in [0, 0.05) is 11.7 Å². The number of halogens is 3. The van der Waals surface area contributed by atoms with E-state index in [1.54, 1.807) is 0 Å². The zero-order chi connectivity index (χ0) is 14.8. The quantitative estimate of drug-likeness (QED) is 0.794. The van der Waals surface area contributed by atoms with Crippen LogP contribution in [0.25, 0.3) is 0 Å². The fourth-order valence-electron chi connectivity index (χ4n) is 1.86. The van der Waals surface area contributed by atoms with Crippen molar-refractivity contribution in [3.63, 3.8) is 0 Å². The van der Waals surface area contributed by atoms with Crippen molar-refractivity contribution in [1.82, 2.24) is 10.9 Å². The number of carbonyl (C=O) groups excluding carboxylic acids is 1. The standard InChI is InChI=1S/C12H14F3N3O2/c1-7-6-10(18-17-7)11(19)16-8-2-4-9(5-3-8)20-12(13,14)15/h2-5,7,10,17-18H,6H2,1H3,(H,16,19). The largest absolute Gasteiger partial charge is 0.573 e. The average Bonchev–Trinajstić information content (AvgIpc) is 2.77. The predicted octanol–water partition coefficient (Wildman–Crippen LogP) is 1.78. The van der Waals surface area contributed by atoms with Crippen LogP contribution in [0.2, 0.25) is 0 Å². The van der Waals surface area contributed by atoms with E-state index in [9.17, 15) is 18.0 Å². The van der Waals surface area contributed by atoms with Crippen LogP contribution in [0, 0.1) is 0 Å². The van der Waals surface area contributed by atoms with Crippen LogP contribution in [0.15, 0.2) is 24.3 Å². The van der Waals surface area contributed by atoms with Crippen molar-refractivity contribution in [2.45, 2.75) is 31.8 Å². The summed E-state index contributed by atoms with van der Waals surface area (Å²) in [7, 11) is 0. The van der Waals surface area contributed by atoms with Crippen LogP contribution in [0.1, 0.15) is 13.3 Å². The smallest absolute Gasteiger partial charge is 0.406 e. The number of carbonyl (C=O) groups is 1. The fraction of sp³-hybridized carbons (Fsp3) is 0.417. The van der Waals surface area contributed by atoms with Gasteiger partial charge in [-0.3, -0.25) is 10.2 Å². The van der Waals surface area contributed by atoms with E-state index in [0.29, 0.717) is 12.1 Å². The predicted molar refractivity (Wildman–Crippen MR) is 65.9 cm³/mol. The van der Waals surface area contributed by atoms with E-state index < -0.39 is 6.36 Å². The molecule has 1 aromatic carbocycles. The lowest BCUT2D eigenvalue weighted by Gasteiger charge is -2.12. The monoisotopic (exact) mass is 289 g/mol. The maximum absolute atomic E-state index is 12.0. The molecule has 2 rings (SSSR count). The Morgan fingerprint density at radius 2 is 1.95 bits per heavy atom. The summed E-state index contributed by atoms with van der Waals surface area (Å²) in [5.41, 5.74) is 6.16. The molecule has 0 saturated carbocycles. The molecule has 3 N–H and O–H groups in total. The Kier molecular flexibility index (Phi) is 4.15. The van der Waals surface area contributed by atoms with E-state index in [4.69, 9.17) is 0 Å². The van der Waals surface area contributed by atoms with Crippen LogP contribution in [0.4, 0.5) is 18.9 Å². The van der Waals surface area contributed by atoms with Crippen LogP contribution >= 0.6 is 0 Å². The Balaban J connectivity index is 1.92. The summed E-state index contributed by atoms with van der Waals surface area (Å²) in [6, 6.07) is 4.82. The minimum Gasteiger partial charge on any atom is -0.406 e. The normalized spacial score (nSPS) is 22.6. The number of hydrogen-bond acceptors (Lipinski definition) is 4. The maximum Gasteiger partial charge on any atom is 0.573 e. The number of alkyl halides is 3. The number of benzene rings is 1. The zero-order valence-corrected chi connectivity index (χ0v) is 10.6. The van der Waals surface area contributed by atoms with Gasteiger partial charge in [0.15, 0.2) is 0 Å². The van der Waals surface area contributed by atoms with Crippen molar-refractivity contribution in [3.05, 3.63) is 24.3 Å². The van der Waals surface area contributed by atoms with E-state index in [0.717, 1.165) is 12.1 Å². The molecular weight excluding hydrogens is 275 g/mol. The van der Waals surface area contributed by atoms with Gasteiger partial charge >= 0.3 is 6.36 Å². The number of nitrogens with one attached hydrogen (secondary N) is 3. The van der Waals surface area contributed by atoms with E-state index in [-0.39, 0.29) is 23.7 Å². The summed E-state index contributed by atoms with van der Waals surface area (Å²) >= 11 is 0. The lowest BCUT2D eigenvalue weighted by molar-refractivity contribution is -0.274. The van der Waals surface area contributed by atoms with Gasteiger partial charge in [-0.25, -0.2) is 5.43 Å². The van der Waals surface area contributed by atoms with Crippen molar-refractivity contribution in [2.24, 2.45) is 0 Å². The van der Waals surface area contributed by atoms with Gasteiger partial charge < -0.3 is 10.1 Å². The highest BCUT2D eigenvalue weighted by Crippen LogP contribution is 2.24. The van der Waals surface area contributed by atoms with Gasteiger partial charge in [0.25, 0.3) is 0 Å². The van der Waals surface area contributed by atoms with Crippen molar-refractivity contribution >= 4 is 11.6 Å². The highest BCUT2D eigenvalue weighted by molar-refractivity contribution is 5.95.